The first-order valence-corrected chi connectivity index (χ1v) is 8.13. The summed E-state index contributed by atoms with van der Waals surface area (Å²) >= 11 is 0. The number of amides is 2. The van der Waals surface area contributed by atoms with Crippen molar-refractivity contribution in [2.24, 2.45) is 5.92 Å². The number of halogens is 1. The van der Waals surface area contributed by atoms with Crippen LogP contribution in [0.3, 0.4) is 0 Å². The number of benzene rings is 1. The van der Waals surface area contributed by atoms with E-state index in [0.29, 0.717) is 25.4 Å². The maximum Gasteiger partial charge on any atom is 0.257 e. The molecule has 0 saturated heterocycles. The number of hydrogen-bond donors (Lipinski definition) is 3. The van der Waals surface area contributed by atoms with Gasteiger partial charge in [0.2, 0.25) is 5.91 Å². The standard InChI is InChI=1S/C17H25N3O3.ClH/c1-2-19-17(22)12-23-15-5-3-4-14(8-15)10-20-16(21)11-18-9-13-6-7-13;/h3-5,8,13,18H,2,6-7,9-12H2,1H3,(H,19,22)(H,20,21);1H. The van der Waals surface area contributed by atoms with Crippen molar-refractivity contribution in [3.63, 3.8) is 0 Å². The molecule has 1 aromatic rings. The molecule has 134 valence electrons. The van der Waals surface area contributed by atoms with Crippen LogP contribution in [0.15, 0.2) is 24.3 Å². The Morgan fingerprint density at radius 2 is 2.00 bits per heavy atom. The van der Waals surface area contributed by atoms with Crippen LogP contribution in [-0.2, 0) is 16.1 Å². The second kappa shape index (κ2) is 10.9. The van der Waals surface area contributed by atoms with Crippen molar-refractivity contribution < 1.29 is 14.3 Å². The molecular formula is C17H26ClN3O3. The highest BCUT2D eigenvalue weighted by molar-refractivity contribution is 5.85. The van der Waals surface area contributed by atoms with Gasteiger partial charge in [0, 0.05) is 13.1 Å². The first kappa shape index (κ1) is 20.3. The van der Waals surface area contributed by atoms with Gasteiger partial charge in [0.1, 0.15) is 5.75 Å². The minimum Gasteiger partial charge on any atom is -0.484 e. The van der Waals surface area contributed by atoms with Crippen LogP contribution in [0, 0.1) is 5.92 Å². The first-order valence-electron chi connectivity index (χ1n) is 8.13. The fraction of sp³-hybridized carbons (Fsp3) is 0.529. The van der Waals surface area contributed by atoms with Gasteiger partial charge in [-0.15, -0.1) is 12.4 Å². The lowest BCUT2D eigenvalue weighted by Gasteiger charge is -2.09. The molecular weight excluding hydrogens is 330 g/mol. The zero-order chi connectivity index (χ0) is 16.5. The van der Waals surface area contributed by atoms with Crippen LogP contribution in [0.2, 0.25) is 0 Å². The number of carbonyl (C=O) groups excluding carboxylic acids is 2. The normalized spacial score (nSPS) is 12.9. The second-order valence-electron chi connectivity index (χ2n) is 5.74. The maximum atomic E-state index is 11.7. The van der Waals surface area contributed by atoms with Gasteiger partial charge < -0.3 is 20.7 Å². The Morgan fingerprint density at radius 1 is 1.21 bits per heavy atom. The molecule has 1 saturated carbocycles. The third-order valence-corrected chi connectivity index (χ3v) is 3.55. The molecule has 0 unspecified atom stereocenters. The van der Waals surface area contributed by atoms with Crippen molar-refractivity contribution in [1.82, 2.24) is 16.0 Å². The van der Waals surface area contributed by atoms with E-state index in [4.69, 9.17) is 4.74 Å². The molecule has 0 spiro atoms. The molecule has 0 aliphatic heterocycles. The van der Waals surface area contributed by atoms with E-state index in [-0.39, 0.29) is 30.8 Å². The predicted octanol–water partition coefficient (Wildman–Crippen LogP) is 1.24. The Hall–Kier alpha value is -1.79. The van der Waals surface area contributed by atoms with E-state index in [1.165, 1.54) is 12.8 Å². The van der Waals surface area contributed by atoms with E-state index in [2.05, 4.69) is 16.0 Å². The SMILES string of the molecule is CCNC(=O)COc1cccc(CNC(=O)CNCC2CC2)c1.Cl. The molecule has 2 rings (SSSR count). The average molecular weight is 356 g/mol. The lowest BCUT2D eigenvalue weighted by atomic mass is 10.2. The highest BCUT2D eigenvalue weighted by Gasteiger charge is 2.20. The molecule has 1 aliphatic rings. The topological polar surface area (TPSA) is 79.5 Å². The highest BCUT2D eigenvalue weighted by atomic mass is 35.5. The minimum absolute atomic E-state index is 0. The summed E-state index contributed by atoms with van der Waals surface area (Å²) in [5.74, 6) is 1.23. The van der Waals surface area contributed by atoms with Crippen molar-refractivity contribution in [1.29, 1.82) is 0 Å². The van der Waals surface area contributed by atoms with Crippen molar-refractivity contribution in [2.75, 3.05) is 26.2 Å². The molecule has 0 atom stereocenters. The van der Waals surface area contributed by atoms with Gasteiger partial charge >= 0.3 is 0 Å². The summed E-state index contributed by atoms with van der Waals surface area (Å²) in [7, 11) is 0. The number of ether oxygens (including phenoxy) is 1. The van der Waals surface area contributed by atoms with Gasteiger partial charge in [-0.1, -0.05) is 12.1 Å². The van der Waals surface area contributed by atoms with E-state index < -0.39 is 0 Å². The molecule has 1 aliphatic carbocycles. The largest absolute Gasteiger partial charge is 0.484 e. The van der Waals surface area contributed by atoms with Crippen LogP contribution < -0.4 is 20.7 Å². The summed E-state index contributed by atoms with van der Waals surface area (Å²) < 4.78 is 5.43. The summed E-state index contributed by atoms with van der Waals surface area (Å²) in [4.78, 5) is 23.1. The van der Waals surface area contributed by atoms with E-state index in [0.717, 1.165) is 18.0 Å². The van der Waals surface area contributed by atoms with Gasteiger partial charge in [-0.3, -0.25) is 9.59 Å². The van der Waals surface area contributed by atoms with E-state index in [1.807, 2.05) is 25.1 Å². The number of carbonyl (C=O) groups is 2. The smallest absolute Gasteiger partial charge is 0.257 e. The summed E-state index contributed by atoms with van der Waals surface area (Å²) in [6.45, 7) is 4.17. The molecule has 0 bridgehead atoms. The third kappa shape index (κ3) is 8.17. The zero-order valence-electron chi connectivity index (χ0n) is 14.0. The van der Waals surface area contributed by atoms with Gasteiger partial charge in [-0.05, 0) is 49.9 Å². The lowest BCUT2D eigenvalue weighted by molar-refractivity contribution is -0.123. The Balaban J connectivity index is 0.00000288. The molecule has 24 heavy (non-hydrogen) atoms. The van der Waals surface area contributed by atoms with Crippen LogP contribution in [0.5, 0.6) is 5.75 Å². The zero-order valence-corrected chi connectivity index (χ0v) is 14.8. The first-order chi connectivity index (χ1) is 11.2. The Bertz CT molecular complexity index is 536. The van der Waals surface area contributed by atoms with Crippen LogP contribution >= 0.6 is 12.4 Å². The molecule has 2 amide bonds. The maximum absolute atomic E-state index is 11.7. The molecule has 6 nitrogen and oxygen atoms in total. The summed E-state index contributed by atoms with van der Waals surface area (Å²) in [6, 6.07) is 7.38. The number of hydrogen-bond acceptors (Lipinski definition) is 4. The summed E-state index contributed by atoms with van der Waals surface area (Å²) in [5.41, 5.74) is 0.939. The summed E-state index contributed by atoms with van der Waals surface area (Å²) in [5, 5.41) is 8.70. The molecule has 1 fully saturated rings. The van der Waals surface area contributed by atoms with Gasteiger partial charge in [0.05, 0.1) is 6.54 Å². The molecule has 0 aromatic heterocycles. The number of rotatable bonds is 10. The Kier molecular flexibility index (Phi) is 9.19. The molecule has 3 N–H and O–H groups in total. The van der Waals surface area contributed by atoms with Crippen molar-refractivity contribution in [3.8, 4) is 5.75 Å². The second-order valence-corrected chi connectivity index (χ2v) is 5.74. The molecule has 7 heteroatoms. The monoisotopic (exact) mass is 355 g/mol. The van der Waals surface area contributed by atoms with Gasteiger partial charge in [0.25, 0.3) is 5.91 Å². The van der Waals surface area contributed by atoms with Gasteiger partial charge in [-0.25, -0.2) is 0 Å². The quantitative estimate of drug-likeness (QED) is 0.590. The molecule has 1 aromatic carbocycles. The highest BCUT2D eigenvalue weighted by Crippen LogP contribution is 2.27. The van der Waals surface area contributed by atoms with Crippen LogP contribution in [0.1, 0.15) is 25.3 Å². The number of likely N-dealkylation sites (N-methyl/N-ethyl adjacent to an activating group) is 1. The summed E-state index contributed by atoms with van der Waals surface area (Å²) in [6.07, 6.45) is 2.55. The van der Waals surface area contributed by atoms with Gasteiger partial charge in [-0.2, -0.15) is 0 Å². The minimum atomic E-state index is -0.145. The van der Waals surface area contributed by atoms with E-state index in [1.54, 1.807) is 6.07 Å². The van der Waals surface area contributed by atoms with Crippen molar-refractivity contribution in [2.45, 2.75) is 26.3 Å². The average Bonchev–Trinajstić information content (AvgIpc) is 3.36. The van der Waals surface area contributed by atoms with E-state index in [9.17, 15) is 9.59 Å². The van der Waals surface area contributed by atoms with E-state index >= 15 is 0 Å². The number of nitrogens with one attached hydrogen (secondary N) is 3. The van der Waals surface area contributed by atoms with Crippen LogP contribution in [0.25, 0.3) is 0 Å². The Labute approximate surface area is 149 Å². The van der Waals surface area contributed by atoms with Crippen molar-refractivity contribution in [3.05, 3.63) is 29.8 Å². The molecule has 0 heterocycles. The predicted molar refractivity (Wildman–Crippen MR) is 95.3 cm³/mol. The lowest BCUT2D eigenvalue weighted by Crippen LogP contribution is -2.34. The Morgan fingerprint density at radius 3 is 2.71 bits per heavy atom. The van der Waals surface area contributed by atoms with Crippen LogP contribution in [0.4, 0.5) is 0 Å². The van der Waals surface area contributed by atoms with Crippen molar-refractivity contribution >= 4 is 24.2 Å². The fourth-order valence-corrected chi connectivity index (χ4v) is 2.12. The fourth-order valence-electron chi connectivity index (χ4n) is 2.12. The van der Waals surface area contributed by atoms with Gasteiger partial charge in [0.15, 0.2) is 6.61 Å². The van der Waals surface area contributed by atoms with Crippen LogP contribution in [-0.4, -0.2) is 38.1 Å². The third-order valence-electron chi connectivity index (χ3n) is 3.55. The molecule has 0 radical (unpaired) electrons.